The zero-order chi connectivity index (χ0) is 33.5. The molecule has 0 spiro atoms. The molecule has 2 aliphatic heterocycles. The molecule has 10 heteroatoms. The summed E-state index contributed by atoms with van der Waals surface area (Å²) in [5.41, 5.74) is 0.571. The quantitative estimate of drug-likeness (QED) is 0.223. The minimum Gasteiger partial charge on any atom is -0.496 e. The van der Waals surface area contributed by atoms with Crippen molar-refractivity contribution in [1.29, 1.82) is 0 Å². The Labute approximate surface area is 272 Å². The van der Waals surface area contributed by atoms with Crippen molar-refractivity contribution in [3.63, 3.8) is 0 Å². The maximum absolute atomic E-state index is 14.4. The summed E-state index contributed by atoms with van der Waals surface area (Å²) in [6.45, 7) is 13.1. The number of likely N-dealkylation sites (tertiary alicyclic amines) is 1. The van der Waals surface area contributed by atoms with E-state index in [2.05, 4.69) is 32.3 Å². The molecule has 0 aliphatic carbocycles. The van der Waals surface area contributed by atoms with Gasteiger partial charge in [0.2, 0.25) is 5.91 Å². The molecule has 2 aliphatic rings. The molecule has 2 aromatic rings. The monoisotopic (exact) mass is 636 g/mol. The van der Waals surface area contributed by atoms with Crippen LogP contribution in [0.3, 0.4) is 0 Å². The number of esters is 1. The lowest BCUT2D eigenvalue weighted by Crippen LogP contribution is -2.56. The highest BCUT2D eigenvalue weighted by Crippen LogP contribution is 2.42. The molecular formula is C36H48N2O8. The van der Waals surface area contributed by atoms with Gasteiger partial charge in [-0.15, -0.1) is 6.58 Å². The topological polar surface area (TPSA) is 113 Å². The van der Waals surface area contributed by atoms with Gasteiger partial charge in [-0.2, -0.15) is 0 Å². The van der Waals surface area contributed by atoms with E-state index in [1.165, 1.54) is 12.0 Å². The Hall–Kier alpha value is -3.89. The van der Waals surface area contributed by atoms with Crippen LogP contribution >= 0.6 is 0 Å². The molecule has 0 radical (unpaired) electrons. The minimum absolute atomic E-state index is 0.0766. The number of carbonyl (C=O) groups excluding carboxylic acids is 3. The zero-order valence-electron chi connectivity index (χ0n) is 27.8. The van der Waals surface area contributed by atoms with E-state index in [0.717, 1.165) is 28.3 Å². The van der Waals surface area contributed by atoms with Gasteiger partial charge in [-0.05, 0) is 71.6 Å². The van der Waals surface area contributed by atoms with E-state index in [-0.39, 0.29) is 36.8 Å². The van der Waals surface area contributed by atoms with Crippen molar-refractivity contribution in [3.8, 4) is 5.75 Å². The van der Waals surface area contributed by atoms with Crippen molar-refractivity contribution in [2.45, 2.75) is 63.6 Å². The number of alkyl carbamates (subject to hydrolysis) is 1. The fraction of sp³-hybridized carbons (Fsp3) is 0.528. The molecule has 2 fully saturated rings. The standard InChI is InChI=1S/C36H48N2O8/c1-8-14-35(3,4)15-18-46-34(41)37-31(25-12-16-45-17-13-25)32(39)38-23-36(44-7,22-29(38)33(40)43-6)28-11-10-26-21-30(42-5)24(9-2)19-27(26)20-28/h8-11,19-21,25,29,31H,1-2,12-18,22-23H2,3-7H3,(H,37,41)/t29-,31?,36-/m0/s1. The van der Waals surface area contributed by atoms with Gasteiger partial charge in [0.15, 0.2) is 0 Å². The Kier molecular flexibility index (Phi) is 11.5. The Bertz CT molecular complexity index is 1430. The van der Waals surface area contributed by atoms with E-state index in [9.17, 15) is 14.4 Å². The van der Waals surface area contributed by atoms with Gasteiger partial charge in [0.05, 0.1) is 27.4 Å². The highest BCUT2D eigenvalue weighted by atomic mass is 16.5. The second-order valence-electron chi connectivity index (χ2n) is 12.9. The molecule has 0 bridgehead atoms. The second kappa shape index (κ2) is 15.1. The summed E-state index contributed by atoms with van der Waals surface area (Å²) in [4.78, 5) is 42.2. The number of hydrogen-bond donors (Lipinski definition) is 1. The molecule has 46 heavy (non-hydrogen) atoms. The average molecular weight is 637 g/mol. The SMILES string of the molecule is C=CCC(C)(C)CCOC(=O)NC(C(=O)N1C[C@](OC)(c2ccc3cc(OC)c(C=C)cc3c2)C[C@H]1C(=O)OC)C1CCOCC1. The highest BCUT2D eigenvalue weighted by Gasteiger charge is 2.52. The first kappa shape index (κ1) is 35.0. The number of nitrogens with one attached hydrogen (secondary N) is 1. The van der Waals surface area contributed by atoms with Gasteiger partial charge >= 0.3 is 12.1 Å². The first-order chi connectivity index (χ1) is 22.0. The largest absolute Gasteiger partial charge is 0.496 e. The average Bonchev–Trinajstić information content (AvgIpc) is 3.47. The molecule has 0 aromatic heterocycles. The number of rotatable bonds is 13. The van der Waals surface area contributed by atoms with Crippen LogP contribution in [0.25, 0.3) is 16.8 Å². The summed E-state index contributed by atoms with van der Waals surface area (Å²) in [7, 11) is 4.50. The maximum atomic E-state index is 14.4. The van der Waals surface area contributed by atoms with E-state index < -0.39 is 29.7 Å². The summed E-state index contributed by atoms with van der Waals surface area (Å²) in [5.74, 6) is -0.422. The first-order valence-corrected chi connectivity index (χ1v) is 15.8. The number of amides is 2. The molecule has 3 atom stereocenters. The summed E-state index contributed by atoms with van der Waals surface area (Å²) < 4.78 is 27.9. The smallest absolute Gasteiger partial charge is 0.407 e. The van der Waals surface area contributed by atoms with Crippen LogP contribution in [-0.4, -0.2) is 82.6 Å². The van der Waals surface area contributed by atoms with Gasteiger partial charge in [0.25, 0.3) is 0 Å². The van der Waals surface area contributed by atoms with Crippen LogP contribution in [0, 0.1) is 11.3 Å². The van der Waals surface area contributed by atoms with Crippen molar-refractivity contribution >= 4 is 34.8 Å². The predicted molar refractivity (Wildman–Crippen MR) is 176 cm³/mol. The molecule has 0 saturated carbocycles. The Morgan fingerprint density at radius 3 is 2.48 bits per heavy atom. The van der Waals surface area contributed by atoms with Crippen LogP contribution in [0.15, 0.2) is 49.6 Å². The summed E-state index contributed by atoms with van der Waals surface area (Å²) >= 11 is 0. The molecule has 1 unspecified atom stereocenters. The van der Waals surface area contributed by atoms with Crippen molar-refractivity contribution < 1.29 is 38.1 Å². The van der Waals surface area contributed by atoms with Crippen LogP contribution in [0.4, 0.5) is 4.79 Å². The number of carbonyl (C=O) groups is 3. The molecule has 2 amide bonds. The molecule has 1 N–H and O–H groups in total. The van der Waals surface area contributed by atoms with Gasteiger partial charge in [0.1, 0.15) is 23.4 Å². The van der Waals surface area contributed by atoms with Crippen LogP contribution in [0.2, 0.25) is 0 Å². The normalized spacial score (nSPS) is 21.0. The minimum atomic E-state index is -1.01. The van der Waals surface area contributed by atoms with E-state index in [1.807, 2.05) is 36.4 Å². The van der Waals surface area contributed by atoms with Crippen molar-refractivity contribution in [1.82, 2.24) is 10.2 Å². The van der Waals surface area contributed by atoms with E-state index in [4.69, 9.17) is 23.7 Å². The van der Waals surface area contributed by atoms with E-state index in [1.54, 1.807) is 20.3 Å². The fourth-order valence-corrected chi connectivity index (χ4v) is 6.53. The first-order valence-electron chi connectivity index (χ1n) is 15.8. The van der Waals surface area contributed by atoms with E-state index >= 15 is 0 Å². The van der Waals surface area contributed by atoms with Gasteiger partial charge in [0, 0.05) is 32.3 Å². The third kappa shape index (κ3) is 7.73. The van der Waals surface area contributed by atoms with Gasteiger partial charge in [-0.1, -0.05) is 44.7 Å². The molecule has 2 saturated heterocycles. The number of allylic oxidation sites excluding steroid dienone is 1. The Balaban J connectivity index is 1.63. The number of benzene rings is 2. The molecule has 250 valence electrons. The van der Waals surface area contributed by atoms with Crippen LogP contribution in [0.1, 0.15) is 57.1 Å². The Morgan fingerprint density at radius 2 is 1.85 bits per heavy atom. The Morgan fingerprint density at radius 1 is 1.11 bits per heavy atom. The number of hydrogen-bond acceptors (Lipinski definition) is 8. The molecule has 4 rings (SSSR count). The lowest BCUT2D eigenvalue weighted by atomic mass is 9.86. The number of methoxy groups -OCH3 is 3. The van der Waals surface area contributed by atoms with Crippen molar-refractivity contribution in [2.24, 2.45) is 11.3 Å². The summed E-state index contributed by atoms with van der Waals surface area (Å²) in [6.07, 6.45) is 5.67. The number of fused-ring (bicyclic) bond motifs is 1. The maximum Gasteiger partial charge on any atom is 0.407 e. The van der Waals surface area contributed by atoms with Gasteiger partial charge in [-0.25, -0.2) is 9.59 Å². The summed E-state index contributed by atoms with van der Waals surface area (Å²) in [6, 6.07) is 8.01. The highest BCUT2D eigenvalue weighted by molar-refractivity contribution is 5.91. The lowest BCUT2D eigenvalue weighted by Gasteiger charge is -2.34. The third-order valence-corrected chi connectivity index (χ3v) is 9.39. The number of ether oxygens (including phenoxy) is 5. The van der Waals surface area contributed by atoms with Crippen LogP contribution in [0.5, 0.6) is 5.75 Å². The van der Waals surface area contributed by atoms with Crippen LogP contribution in [-0.2, 0) is 34.1 Å². The molecular weight excluding hydrogens is 588 g/mol. The fourth-order valence-electron chi connectivity index (χ4n) is 6.53. The van der Waals surface area contributed by atoms with Crippen LogP contribution < -0.4 is 10.1 Å². The third-order valence-electron chi connectivity index (χ3n) is 9.39. The zero-order valence-corrected chi connectivity index (χ0v) is 27.8. The summed E-state index contributed by atoms with van der Waals surface area (Å²) in [5, 5.41) is 4.75. The van der Waals surface area contributed by atoms with Crippen molar-refractivity contribution in [2.75, 3.05) is 47.7 Å². The molecule has 10 nitrogen and oxygen atoms in total. The van der Waals surface area contributed by atoms with E-state index in [0.29, 0.717) is 38.2 Å². The predicted octanol–water partition coefficient (Wildman–Crippen LogP) is 5.62. The lowest BCUT2D eigenvalue weighted by molar-refractivity contribution is -0.152. The van der Waals surface area contributed by atoms with Crippen molar-refractivity contribution in [3.05, 3.63) is 60.7 Å². The van der Waals surface area contributed by atoms with Gasteiger partial charge < -0.3 is 33.9 Å². The number of nitrogens with zero attached hydrogens (tertiary/aromatic N) is 1. The second-order valence-corrected chi connectivity index (χ2v) is 12.9. The molecule has 2 heterocycles. The van der Waals surface area contributed by atoms with Gasteiger partial charge in [-0.3, -0.25) is 4.79 Å². The molecule has 2 aromatic carbocycles.